The predicted octanol–water partition coefficient (Wildman–Crippen LogP) is 6.42. The number of ketones is 1. The van der Waals surface area contributed by atoms with Crippen LogP contribution in [0, 0.1) is 10.8 Å². The van der Waals surface area contributed by atoms with Crippen molar-refractivity contribution in [1.82, 2.24) is 9.80 Å². The predicted molar refractivity (Wildman–Crippen MR) is 156 cm³/mol. The Morgan fingerprint density at radius 1 is 0.737 bits per heavy atom. The van der Waals surface area contributed by atoms with Crippen molar-refractivity contribution in [2.24, 2.45) is 10.8 Å². The molecule has 2 aliphatic carbocycles. The van der Waals surface area contributed by atoms with Crippen LogP contribution >= 0.6 is 63.7 Å². The number of Topliss-reactive ketones (excluding diaryl/α,β-unsaturated/α-hetero) is 1. The molecule has 0 aromatic rings. The summed E-state index contributed by atoms with van der Waals surface area (Å²) in [7, 11) is 0. The van der Waals surface area contributed by atoms with Crippen LogP contribution in [0.5, 0.6) is 0 Å². The highest BCUT2D eigenvalue weighted by atomic mass is 79.9. The zero-order chi connectivity index (χ0) is 29.3. The number of hydrogen-bond acceptors (Lipinski definition) is 6. The first-order valence-electron chi connectivity index (χ1n) is 12.4. The van der Waals surface area contributed by atoms with Crippen molar-refractivity contribution < 1.29 is 33.8 Å². The lowest BCUT2D eigenvalue weighted by molar-refractivity contribution is -0.142. The van der Waals surface area contributed by atoms with Crippen molar-refractivity contribution in [3.05, 3.63) is 0 Å². The molecule has 0 radical (unpaired) electrons. The molecular formula is C25H36Br4N2O7. The summed E-state index contributed by atoms with van der Waals surface area (Å²) in [5, 5.41) is 9.28. The number of hydrogen-bond donors (Lipinski definition) is 1. The van der Waals surface area contributed by atoms with Crippen molar-refractivity contribution >= 4 is 87.7 Å². The average Bonchev–Trinajstić information content (AvgIpc) is 3.19. The van der Waals surface area contributed by atoms with Gasteiger partial charge in [-0.1, -0.05) is 63.7 Å². The molecule has 0 aromatic heterocycles. The molecule has 4 fully saturated rings. The lowest BCUT2D eigenvalue weighted by Gasteiger charge is -2.27. The first-order valence-corrected chi connectivity index (χ1v) is 15.6. The van der Waals surface area contributed by atoms with E-state index in [1.165, 1.54) is 11.8 Å². The molecule has 2 saturated heterocycles. The molecule has 38 heavy (non-hydrogen) atoms. The number of amides is 2. The first kappa shape index (κ1) is 32.1. The summed E-state index contributed by atoms with van der Waals surface area (Å²) < 4.78 is 10.3. The van der Waals surface area contributed by atoms with Gasteiger partial charge in [0.15, 0.2) is 5.78 Å². The van der Waals surface area contributed by atoms with Crippen LogP contribution in [-0.2, 0) is 19.1 Å². The molecule has 2 spiro atoms. The fraction of sp³-hybridized carbons (Fsp3) is 0.840. The van der Waals surface area contributed by atoms with E-state index in [-0.39, 0.29) is 29.1 Å². The Kier molecular flexibility index (Phi) is 8.58. The number of likely N-dealkylation sites (tertiary alicyclic amines) is 2. The summed E-state index contributed by atoms with van der Waals surface area (Å²) in [6.45, 7) is 13.3. The molecule has 0 bridgehead atoms. The average molecular weight is 796 g/mol. The molecule has 13 heteroatoms. The highest BCUT2D eigenvalue weighted by Gasteiger charge is 2.71. The summed E-state index contributed by atoms with van der Waals surface area (Å²) in [6, 6.07) is -1.18. The molecule has 2 aliphatic heterocycles. The highest BCUT2D eigenvalue weighted by molar-refractivity contribution is 9.26. The molecule has 9 nitrogen and oxygen atoms in total. The summed E-state index contributed by atoms with van der Waals surface area (Å²) in [4.78, 5) is 50.3. The summed E-state index contributed by atoms with van der Waals surface area (Å²) >= 11 is 14.3. The zero-order valence-electron chi connectivity index (χ0n) is 22.7. The zero-order valence-corrected chi connectivity index (χ0v) is 29.0. The molecule has 216 valence electrons. The molecule has 2 amide bonds. The van der Waals surface area contributed by atoms with Gasteiger partial charge in [-0.15, -0.1) is 0 Å². The Morgan fingerprint density at radius 3 is 1.32 bits per heavy atom. The summed E-state index contributed by atoms with van der Waals surface area (Å²) in [5.74, 6) is -0.962. The Hall–Kier alpha value is -0.400. The number of rotatable bonds is 2. The largest absolute Gasteiger partial charge is 0.480 e. The first-order chi connectivity index (χ1) is 16.9. The van der Waals surface area contributed by atoms with Gasteiger partial charge in [0.05, 0.1) is 12.5 Å². The quantitative estimate of drug-likeness (QED) is 0.322. The van der Waals surface area contributed by atoms with Gasteiger partial charge in [0.25, 0.3) is 0 Å². The number of halogens is 4. The van der Waals surface area contributed by atoms with E-state index in [9.17, 15) is 24.3 Å². The smallest absolute Gasteiger partial charge is 0.411 e. The number of carbonyl (C=O) groups is 4. The second kappa shape index (κ2) is 10.2. The SMILES string of the molecule is CC(=O)[C@@H]1CC2(CN1C(=O)OC(C)(C)C)CC2(Br)Br.CC(C)(C)OC(=O)N1CC2(C[C@H]1C(=O)O)CC2(Br)Br. The molecule has 2 heterocycles. The van der Waals surface area contributed by atoms with Gasteiger partial charge in [-0.3, -0.25) is 14.6 Å². The van der Waals surface area contributed by atoms with E-state index in [0.717, 1.165) is 12.8 Å². The number of ether oxygens (including phenoxy) is 2. The lowest BCUT2D eigenvalue weighted by atomic mass is 10.0. The maximum absolute atomic E-state index is 12.2. The van der Waals surface area contributed by atoms with Crippen LogP contribution in [0.15, 0.2) is 0 Å². The Bertz CT molecular complexity index is 942. The highest BCUT2D eigenvalue weighted by Crippen LogP contribution is 2.72. The second-order valence-electron chi connectivity index (χ2n) is 12.9. The van der Waals surface area contributed by atoms with Gasteiger partial charge in [0.1, 0.15) is 17.2 Å². The van der Waals surface area contributed by atoms with E-state index >= 15 is 0 Å². The van der Waals surface area contributed by atoms with Gasteiger partial charge >= 0.3 is 18.2 Å². The number of nitrogens with zero attached hydrogens (tertiary/aromatic N) is 2. The van der Waals surface area contributed by atoms with Crippen LogP contribution in [0.1, 0.15) is 74.1 Å². The monoisotopic (exact) mass is 792 g/mol. The lowest BCUT2D eigenvalue weighted by Crippen LogP contribution is -2.43. The van der Waals surface area contributed by atoms with Crippen LogP contribution in [0.25, 0.3) is 0 Å². The van der Waals surface area contributed by atoms with Crippen molar-refractivity contribution in [1.29, 1.82) is 0 Å². The van der Waals surface area contributed by atoms with Crippen LogP contribution < -0.4 is 0 Å². The minimum absolute atomic E-state index is 0.0189. The van der Waals surface area contributed by atoms with Gasteiger partial charge in [-0.2, -0.15) is 0 Å². The fourth-order valence-electron chi connectivity index (χ4n) is 5.12. The molecule has 4 aliphatic rings. The third kappa shape index (κ3) is 6.73. The van der Waals surface area contributed by atoms with Crippen LogP contribution in [0.3, 0.4) is 0 Å². The number of carbonyl (C=O) groups excluding carboxylic acids is 3. The molecule has 2 saturated carbocycles. The maximum atomic E-state index is 12.2. The normalized spacial score (nSPS) is 32.5. The maximum Gasteiger partial charge on any atom is 0.411 e. The second-order valence-corrected chi connectivity index (χ2v) is 20.5. The minimum Gasteiger partial charge on any atom is -0.480 e. The Labute approximate surface area is 257 Å². The topological polar surface area (TPSA) is 113 Å². The van der Waals surface area contributed by atoms with Gasteiger partial charge in [0.2, 0.25) is 0 Å². The van der Waals surface area contributed by atoms with Crippen molar-refractivity contribution in [2.75, 3.05) is 13.1 Å². The Balaban J connectivity index is 0.000000211. The van der Waals surface area contributed by atoms with Gasteiger partial charge in [-0.25, -0.2) is 14.4 Å². The van der Waals surface area contributed by atoms with Crippen molar-refractivity contribution in [3.8, 4) is 0 Å². The van der Waals surface area contributed by atoms with E-state index in [1.807, 2.05) is 20.8 Å². The van der Waals surface area contributed by atoms with E-state index in [0.29, 0.717) is 25.9 Å². The van der Waals surface area contributed by atoms with Crippen molar-refractivity contribution in [2.45, 2.75) is 104 Å². The number of aliphatic carboxylic acids is 1. The van der Waals surface area contributed by atoms with Crippen LogP contribution in [0.4, 0.5) is 9.59 Å². The minimum atomic E-state index is -0.981. The van der Waals surface area contributed by atoms with E-state index in [2.05, 4.69) is 63.7 Å². The molecule has 0 aromatic carbocycles. The third-order valence-electron chi connectivity index (χ3n) is 7.30. The van der Waals surface area contributed by atoms with Gasteiger partial charge < -0.3 is 14.6 Å². The summed E-state index contributed by atoms with van der Waals surface area (Å²) in [6.07, 6.45) is 1.91. The molecule has 4 rings (SSSR count). The molecule has 1 N–H and O–H groups in total. The standard InChI is InChI=1S/C13H19Br2NO3.C12H17Br2NO4/c1-8(17)9-5-12(6-13(12,14)15)7-16(9)10(18)19-11(2,3)4;1-10(2,3)19-9(18)15-6-11(5-12(11,13)14)4-7(15)8(16)17/h9H,5-7H2,1-4H3;7H,4-6H2,1-3H3,(H,16,17)/t9-,12?;7-,11?/m00/s1. The molecular weight excluding hydrogens is 760 g/mol. The van der Waals surface area contributed by atoms with E-state index < -0.39 is 35.4 Å². The van der Waals surface area contributed by atoms with Crippen molar-refractivity contribution in [3.63, 3.8) is 0 Å². The number of carboxylic acid groups (broad SMARTS) is 1. The number of carboxylic acids is 1. The molecule has 4 atom stereocenters. The van der Waals surface area contributed by atoms with Crippen LogP contribution in [0.2, 0.25) is 0 Å². The van der Waals surface area contributed by atoms with E-state index in [4.69, 9.17) is 9.47 Å². The third-order valence-corrected chi connectivity index (χ3v) is 11.8. The number of alkyl halides is 4. The molecule has 2 unspecified atom stereocenters. The van der Waals surface area contributed by atoms with Gasteiger partial charge in [-0.05, 0) is 74.1 Å². The van der Waals surface area contributed by atoms with Gasteiger partial charge in [0, 0.05) is 23.9 Å². The van der Waals surface area contributed by atoms with Crippen LogP contribution in [-0.4, -0.2) is 81.7 Å². The fourth-order valence-corrected chi connectivity index (χ4v) is 8.41. The Morgan fingerprint density at radius 2 is 1.05 bits per heavy atom. The van der Waals surface area contributed by atoms with E-state index in [1.54, 1.807) is 25.7 Å². The summed E-state index contributed by atoms with van der Waals surface area (Å²) in [5.41, 5.74) is -1.41.